The number of carbonyl (C=O) groups excluding carboxylic acids is 1. The van der Waals surface area contributed by atoms with E-state index in [4.69, 9.17) is 17.4 Å². The Morgan fingerprint density at radius 2 is 1.95 bits per heavy atom. The number of aromatic nitrogens is 1. The van der Waals surface area contributed by atoms with Gasteiger partial charge in [0.25, 0.3) is 5.91 Å². The Kier molecular flexibility index (Phi) is 4.11. The Labute approximate surface area is 137 Å². The highest BCUT2D eigenvalue weighted by Crippen LogP contribution is 2.37. The average molecular weight is 332 g/mol. The summed E-state index contributed by atoms with van der Waals surface area (Å²) in [4.78, 5) is 17.0. The van der Waals surface area contributed by atoms with Crippen molar-refractivity contribution in [1.29, 1.82) is 0 Å². The van der Waals surface area contributed by atoms with Gasteiger partial charge in [0.05, 0.1) is 4.90 Å². The first-order valence-electron chi connectivity index (χ1n) is 6.65. The fourth-order valence-electron chi connectivity index (χ4n) is 2.20. The van der Waals surface area contributed by atoms with E-state index >= 15 is 0 Å². The van der Waals surface area contributed by atoms with Crippen molar-refractivity contribution in [3.05, 3.63) is 58.7 Å². The van der Waals surface area contributed by atoms with Crippen LogP contribution in [0.5, 0.6) is 0 Å². The number of hydrazine groups is 1. The van der Waals surface area contributed by atoms with Crippen molar-refractivity contribution < 1.29 is 4.79 Å². The van der Waals surface area contributed by atoms with Crippen LogP contribution in [0.4, 0.5) is 0 Å². The number of amides is 1. The van der Waals surface area contributed by atoms with Gasteiger partial charge in [0, 0.05) is 20.8 Å². The lowest BCUT2D eigenvalue weighted by Crippen LogP contribution is -2.30. The van der Waals surface area contributed by atoms with E-state index in [1.54, 1.807) is 6.07 Å². The van der Waals surface area contributed by atoms with Crippen molar-refractivity contribution in [3.8, 4) is 0 Å². The van der Waals surface area contributed by atoms with E-state index in [1.807, 2.05) is 43.3 Å². The van der Waals surface area contributed by atoms with E-state index in [-0.39, 0.29) is 5.91 Å². The fourth-order valence-corrected chi connectivity index (χ4v) is 3.41. The zero-order chi connectivity index (χ0) is 15.7. The van der Waals surface area contributed by atoms with Crippen molar-refractivity contribution in [2.45, 2.75) is 16.7 Å². The molecule has 0 aliphatic carbocycles. The van der Waals surface area contributed by atoms with Crippen LogP contribution in [0, 0.1) is 6.92 Å². The molecule has 0 aliphatic heterocycles. The lowest BCUT2D eigenvalue weighted by atomic mass is 10.2. The summed E-state index contributed by atoms with van der Waals surface area (Å²) < 4.78 is 0. The van der Waals surface area contributed by atoms with Gasteiger partial charge in [-0.05, 0) is 37.3 Å². The molecular formula is C16H14ClN3OS. The summed E-state index contributed by atoms with van der Waals surface area (Å²) in [5, 5.41) is 1.52. The van der Waals surface area contributed by atoms with Crippen LogP contribution < -0.4 is 11.3 Å². The summed E-state index contributed by atoms with van der Waals surface area (Å²) >= 11 is 7.59. The second-order valence-electron chi connectivity index (χ2n) is 4.91. The lowest BCUT2D eigenvalue weighted by molar-refractivity contribution is 0.0946. The van der Waals surface area contributed by atoms with Gasteiger partial charge < -0.3 is 4.98 Å². The molecule has 4 N–H and O–H groups in total. The predicted molar refractivity (Wildman–Crippen MR) is 90.3 cm³/mol. The summed E-state index contributed by atoms with van der Waals surface area (Å²) in [5.74, 6) is 4.92. The number of carbonyl (C=O) groups is 1. The van der Waals surface area contributed by atoms with Crippen LogP contribution in [0.1, 0.15) is 16.1 Å². The second kappa shape index (κ2) is 6.04. The Morgan fingerprint density at radius 1 is 1.23 bits per heavy atom. The molecule has 1 amide bonds. The van der Waals surface area contributed by atoms with Gasteiger partial charge in [0.1, 0.15) is 5.69 Å². The van der Waals surface area contributed by atoms with Crippen LogP contribution in [-0.2, 0) is 0 Å². The predicted octanol–water partition coefficient (Wildman–Crippen LogP) is 3.88. The zero-order valence-corrected chi connectivity index (χ0v) is 13.4. The summed E-state index contributed by atoms with van der Waals surface area (Å²) in [5.41, 5.74) is 4.64. The molecule has 4 nitrogen and oxygen atoms in total. The number of nitrogens with one attached hydrogen (secondary N) is 2. The standard InChI is InChI=1S/C16H14ClN3OS/c1-9-2-5-11(6-3-9)22-15-12-8-10(17)4-7-13(12)19-14(15)16(21)20-18/h2-8,19H,18H2,1H3,(H,20,21). The van der Waals surface area contributed by atoms with Crippen LogP contribution in [0.3, 0.4) is 0 Å². The van der Waals surface area contributed by atoms with E-state index in [2.05, 4.69) is 10.4 Å². The number of nitrogen functional groups attached to an aromatic ring is 1. The maximum Gasteiger partial charge on any atom is 0.282 e. The molecule has 6 heteroatoms. The quantitative estimate of drug-likeness (QED) is 0.387. The number of benzene rings is 2. The summed E-state index contributed by atoms with van der Waals surface area (Å²) in [6.07, 6.45) is 0. The van der Waals surface area contributed by atoms with Gasteiger partial charge in [-0.1, -0.05) is 41.1 Å². The van der Waals surface area contributed by atoms with Crippen molar-refractivity contribution in [1.82, 2.24) is 10.4 Å². The van der Waals surface area contributed by atoms with Gasteiger partial charge in [0.2, 0.25) is 0 Å². The average Bonchev–Trinajstić information content (AvgIpc) is 2.87. The maximum absolute atomic E-state index is 12.0. The number of H-pyrrole nitrogens is 1. The molecule has 0 unspecified atom stereocenters. The van der Waals surface area contributed by atoms with Gasteiger partial charge in [-0.25, -0.2) is 5.84 Å². The molecule has 0 saturated heterocycles. The van der Waals surface area contributed by atoms with Gasteiger partial charge in [-0.2, -0.15) is 0 Å². The molecule has 3 aromatic rings. The molecule has 0 aliphatic rings. The highest BCUT2D eigenvalue weighted by molar-refractivity contribution is 7.99. The van der Waals surface area contributed by atoms with E-state index < -0.39 is 0 Å². The Hall–Kier alpha value is -1.95. The minimum atomic E-state index is -0.359. The molecule has 0 fully saturated rings. The molecule has 3 rings (SSSR count). The van der Waals surface area contributed by atoms with Crippen LogP contribution in [0.2, 0.25) is 5.02 Å². The number of aromatic amines is 1. The molecule has 112 valence electrons. The molecule has 1 aromatic heterocycles. The summed E-state index contributed by atoms with van der Waals surface area (Å²) in [6, 6.07) is 13.6. The number of hydrogen-bond acceptors (Lipinski definition) is 3. The number of aryl methyl sites for hydroxylation is 1. The molecule has 0 saturated carbocycles. The van der Waals surface area contributed by atoms with Gasteiger partial charge in [-0.15, -0.1) is 0 Å². The highest BCUT2D eigenvalue weighted by atomic mass is 35.5. The first kappa shape index (κ1) is 15.0. The Balaban J connectivity index is 2.13. The monoisotopic (exact) mass is 331 g/mol. The highest BCUT2D eigenvalue weighted by Gasteiger charge is 2.18. The second-order valence-corrected chi connectivity index (χ2v) is 6.43. The SMILES string of the molecule is Cc1ccc(Sc2c(C(=O)NN)[nH]c3ccc(Cl)cc23)cc1. The maximum atomic E-state index is 12.0. The minimum Gasteiger partial charge on any atom is -0.350 e. The van der Waals surface area contributed by atoms with Crippen molar-refractivity contribution in [3.63, 3.8) is 0 Å². The van der Waals surface area contributed by atoms with Crippen LogP contribution in [-0.4, -0.2) is 10.9 Å². The van der Waals surface area contributed by atoms with Gasteiger partial charge >= 0.3 is 0 Å². The molecular weight excluding hydrogens is 318 g/mol. The number of fused-ring (bicyclic) bond motifs is 1. The van der Waals surface area contributed by atoms with Crippen LogP contribution in [0.15, 0.2) is 52.3 Å². The smallest absolute Gasteiger partial charge is 0.282 e. The third-order valence-electron chi connectivity index (χ3n) is 3.31. The molecule has 22 heavy (non-hydrogen) atoms. The molecule has 2 aromatic carbocycles. The lowest BCUT2D eigenvalue weighted by Gasteiger charge is -2.04. The third-order valence-corrected chi connectivity index (χ3v) is 4.68. The van der Waals surface area contributed by atoms with Gasteiger partial charge in [-0.3, -0.25) is 10.2 Å². The number of hydrogen-bond donors (Lipinski definition) is 3. The van der Waals surface area contributed by atoms with E-state index in [0.717, 1.165) is 20.7 Å². The van der Waals surface area contributed by atoms with Crippen LogP contribution >= 0.6 is 23.4 Å². The first-order chi connectivity index (χ1) is 10.6. The van der Waals surface area contributed by atoms with E-state index in [1.165, 1.54) is 17.3 Å². The van der Waals surface area contributed by atoms with E-state index in [9.17, 15) is 4.79 Å². The van der Waals surface area contributed by atoms with E-state index in [0.29, 0.717) is 10.7 Å². The Morgan fingerprint density at radius 3 is 2.64 bits per heavy atom. The number of halogens is 1. The molecule has 0 atom stereocenters. The van der Waals surface area contributed by atoms with Crippen LogP contribution in [0.25, 0.3) is 10.9 Å². The third kappa shape index (κ3) is 2.83. The normalized spacial score (nSPS) is 10.9. The largest absolute Gasteiger partial charge is 0.350 e. The Bertz CT molecular complexity index is 842. The molecule has 0 radical (unpaired) electrons. The molecule has 0 bridgehead atoms. The summed E-state index contributed by atoms with van der Waals surface area (Å²) in [6.45, 7) is 2.03. The molecule has 1 heterocycles. The molecule has 0 spiro atoms. The first-order valence-corrected chi connectivity index (χ1v) is 7.84. The zero-order valence-electron chi connectivity index (χ0n) is 11.8. The van der Waals surface area contributed by atoms with Crippen molar-refractivity contribution in [2.75, 3.05) is 0 Å². The number of nitrogens with two attached hydrogens (primary N) is 1. The summed E-state index contributed by atoms with van der Waals surface area (Å²) in [7, 11) is 0. The van der Waals surface area contributed by atoms with Crippen molar-refractivity contribution >= 4 is 40.2 Å². The fraction of sp³-hybridized carbons (Fsp3) is 0.0625. The number of rotatable bonds is 3. The minimum absolute atomic E-state index is 0.359. The van der Waals surface area contributed by atoms with Gasteiger partial charge in [0.15, 0.2) is 0 Å². The topological polar surface area (TPSA) is 70.9 Å². The van der Waals surface area contributed by atoms with Crippen molar-refractivity contribution in [2.24, 2.45) is 5.84 Å².